The highest BCUT2D eigenvalue weighted by Gasteiger charge is 2.38. The van der Waals surface area contributed by atoms with E-state index in [1.54, 1.807) is 7.11 Å². The van der Waals surface area contributed by atoms with Gasteiger partial charge in [-0.15, -0.1) is 6.58 Å². The number of fused-ring (bicyclic) bond motifs is 2. The summed E-state index contributed by atoms with van der Waals surface area (Å²) in [6, 6.07) is 3.99. The SMILES string of the molecule is C=CCN1CCC2(C=CCCC2)c2c(ccc(OC)c2O)C1. The van der Waals surface area contributed by atoms with Crippen LogP contribution in [0.3, 0.4) is 0 Å². The number of benzene rings is 1. The molecule has 1 N–H and O–H groups in total. The molecule has 0 saturated heterocycles. The Morgan fingerprint density at radius 1 is 1.41 bits per heavy atom. The standard InChI is InChI=1S/C19H25NO2/c1-3-12-20-13-11-19(9-5-4-6-10-19)17-15(14-20)7-8-16(22-2)18(17)21/h3,5,7-9,21H,1,4,6,10-14H2,2H3. The number of hydrogen-bond donors (Lipinski definition) is 1. The molecule has 2 aliphatic rings. The van der Waals surface area contributed by atoms with Crippen molar-refractivity contribution in [3.63, 3.8) is 0 Å². The van der Waals surface area contributed by atoms with Crippen molar-refractivity contribution in [1.29, 1.82) is 0 Å². The third kappa shape index (κ3) is 2.54. The van der Waals surface area contributed by atoms with E-state index in [9.17, 15) is 5.11 Å². The number of phenolic OH excluding ortho intramolecular Hbond substituents is 1. The number of ether oxygens (including phenoxy) is 1. The zero-order valence-corrected chi connectivity index (χ0v) is 13.3. The van der Waals surface area contributed by atoms with Crippen LogP contribution in [0, 0.1) is 0 Å². The van der Waals surface area contributed by atoms with E-state index >= 15 is 0 Å². The van der Waals surface area contributed by atoms with Gasteiger partial charge in [0.25, 0.3) is 0 Å². The average Bonchev–Trinajstić information content (AvgIpc) is 2.67. The Kier molecular flexibility index (Phi) is 4.25. The monoisotopic (exact) mass is 299 g/mol. The van der Waals surface area contributed by atoms with Crippen LogP contribution in [0.25, 0.3) is 0 Å². The fourth-order valence-electron chi connectivity index (χ4n) is 3.95. The predicted octanol–water partition coefficient (Wildman–Crippen LogP) is 3.77. The van der Waals surface area contributed by atoms with Gasteiger partial charge in [0.15, 0.2) is 11.5 Å². The molecule has 1 aromatic rings. The second kappa shape index (κ2) is 6.17. The first kappa shape index (κ1) is 15.2. The first-order valence-electron chi connectivity index (χ1n) is 8.10. The van der Waals surface area contributed by atoms with Crippen LogP contribution >= 0.6 is 0 Å². The molecule has 1 aliphatic heterocycles. The molecule has 3 nitrogen and oxygen atoms in total. The molecule has 1 aliphatic carbocycles. The highest BCUT2D eigenvalue weighted by Crippen LogP contribution is 2.48. The van der Waals surface area contributed by atoms with Gasteiger partial charge in [0.1, 0.15) is 0 Å². The van der Waals surface area contributed by atoms with Crippen LogP contribution in [-0.2, 0) is 12.0 Å². The summed E-state index contributed by atoms with van der Waals surface area (Å²) in [5.41, 5.74) is 2.24. The number of nitrogens with zero attached hydrogens (tertiary/aromatic N) is 1. The number of rotatable bonds is 3. The highest BCUT2D eigenvalue weighted by atomic mass is 16.5. The minimum atomic E-state index is -0.0534. The van der Waals surface area contributed by atoms with E-state index in [4.69, 9.17) is 4.74 Å². The molecule has 0 aromatic heterocycles. The lowest BCUT2D eigenvalue weighted by Crippen LogP contribution is -2.29. The smallest absolute Gasteiger partial charge is 0.162 e. The molecule has 1 aromatic carbocycles. The van der Waals surface area contributed by atoms with Gasteiger partial charge >= 0.3 is 0 Å². The van der Waals surface area contributed by atoms with E-state index in [2.05, 4.69) is 29.7 Å². The summed E-state index contributed by atoms with van der Waals surface area (Å²) in [6.45, 7) is 6.62. The number of methoxy groups -OCH3 is 1. The summed E-state index contributed by atoms with van der Waals surface area (Å²) in [4.78, 5) is 2.40. The largest absolute Gasteiger partial charge is 0.504 e. The summed E-state index contributed by atoms with van der Waals surface area (Å²) in [7, 11) is 1.62. The van der Waals surface area contributed by atoms with Crippen molar-refractivity contribution >= 4 is 0 Å². The van der Waals surface area contributed by atoms with E-state index in [0.717, 1.165) is 44.5 Å². The summed E-state index contributed by atoms with van der Waals surface area (Å²) < 4.78 is 5.36. The van der Waals surface area contributed by atoms with Gasteiger partial charge in [0.05, 0.1) is 7.11 Å². The Balaban J connectivity index is 2.13. The Bertz CT molecular complexity index is 593. The fourth-order valence-corrected chi connectivity index (χ4v) is 3.95. The van der Waals surface area contributed by atoms with Crippen molar-refractivity contribution in [3.8, 4) is 11.5 Å². The van der Waals surface area contributed by atoms with Crippen molar-refractivity contribution in [3.05, 3.63) is 48.1 Å². The topological polar surface area (TPSA) is 32.7 Å². The molecule has 0 fully saturated rings. The number of allylic oxidation sites excluding steroid dienone is 2. The molecule has 1 heterocycles. The lowest BCUT2D eigenvalue weighted by molar-refractivity contribution is 0.275. The number of aromatic hydroxyl groups is 1. The van der Waals surface area contributed by atoms with Gasteiger partial charge in [-0.3, -0.25) is 4.90 Å². The Labute approximate surface area is 132 Å². The summed E-state index contributed by atoms with van der Waals surface area (Å²) in [5.74, 6) is 0.904. The Morgan fingerprint density at radius 2 is 2.27 bits per heavy atom. The number of phenols is 1. The minimum absolute atomic E-state index is 0.0534. The first-order chi connectivity index (χ1) is 10.7. The van der Waals surface area contributed by atoms with Gasteiger partial charge in [0.2, 0.25) is 0 Å². The maximum Gasteiger partial charge on any atom is 0.162 e. The van der Waals surface area contributed by atoms with Gasteiger partial charge in [-0.25, -0.2) is 0 Å². The second-order valence-electron chi connectivity index (χ2n) is 6.38. The molecule has 1 spiro atoms. The van der Waals surface area contributed by atoms with Crippen molar-refractivity contribution < 1.29 is 9.84 Å². The van der Waals surface area contributed by atoms with E-state index in [1.165, 1.54) is 12.0 Å². The lowest BCUT2D eigenvalue weighted by atomic mass is 9.70. The zero-order valence-electron chi connectivity index (χ0n) is 13.3. The van der Waals surface area contributed by atoms with Gasteiger partial charge in [-0.05, 0) is 43.9 Å². The van der Waals surface area contributed by atoms with Crippen molar-refractivity contribution in [2.75, 3.05) is 20.2 Å². The first-order valence-corrected chi connectivity index (χ1v) is 8.10. The quantitative estimate of drug-likeness (QED) is 0.862. The Hall–Kier alpha value is -1.74. The zero-order chi connectivity index (χ0) is 15.6. The minimum Gasteiger partial charge on any atom is -0.504 e. The van der Waals surface area contributed by atoms with Crippen LogP contribution in [0.1, 0.15) is 36.8 Å². The third-order valence-electron chi connectivity index (χ3n) is 5.03. The molecule has 3 rings (SSSR count). The van der Waals surface area contributed by atoms with E-state index in [1.807, 2.05) is 12.1 Å². The molecule has 1 atom stereocenters. The van der Waals surface area contributed by atoms with Crippen molar-refractivity contribution in [2.24, 2.45) is 0 Å². The van der Waals surface area contributed by atoms with Crippen LogP contribution in [-0.4, -0.2) is 30.2 Å². The van der Waals surface area contributed by atoms with Crippen LogP contribution in [0.5, 0.6) is 11.5 Å². The maximum absolute atomic E-state index is 10.8. The van der Waals surface area contributed by atoms with E-state index in [-0.39, 0.29) is 5.41 Å². The van der Waals surface area contributed by atoms with Crippen LogP contribution < -0.4 is 4.74 Å². The van der Waals surface area contributed by atoms with Crippen molar-refractivity contribution in [1.82, 2.24) is 4.90 Å². The molecule has 0 saturated carbocycles. The molecular weight excluding hydrogens is 274 g/mol. The molecule has 0 radical (unpaired) electrons. The van der Waals surface area contributed by atoms with Gasteiger partial charge in [-0.2, -0.15) is 0 Å². The summed E-state index contributed by atoms with van der Waals surface area (Å²) in [5, 5.41) is 10.8. The normalized spacial score (nSPS) is 24.8. The third-order valence-corrected chi connectivity index (χ3v) is 5.03. The van der Waals surface area contributed by atoms with Crippen LogP contribution in [0.2, 0.25) is 0 Å². The van der Waals surface area contributed by atoms with Gasteiger partial charge in [-0.1, -0.05) is 24.3 Å². The average molecular weight is 299 g/mol. The molecule has 22 heavy (non-hydrogen) atoms. The highest BCUT2D eigenvalue weighted by molar-refractivity contribution is 5.56. The number of hydrogen-bond acceptors (Lipinski definition) is 3. The Morgan fingerprint density at radius 3 is 2.95 bits per heavy atom. The summed E-state index contributed by atoms with van der Waals surface area (Å²) in [6.07, 6.45) is 11.0. The molecular formula is C19H25NO2. The van der Waals surface area contributed by atoms with E-state index < -0.39 is 0 Å². The molecule has 1 unspecified atom stereocenters. The summed E-state index contributed by atoms with van der Waals surface area (Å²) >= 11 is 0. The maximum atomic E-state index is 10.8. The predicted molar refractivity (Wildman–Crippen MR) is 89.4 cm³/mol. The fraction of sp³-hybridized carbons (Fsp3) is 0.474. The van der Waals surface area contributed by atoms with E-state index in [0.29, 0.717) is 11.5 Å². The lowest BCUT2D eigenvalue weighted by Gasteiger charge is -2.34. The van der Waals surface area contributed by atoms with Gasteiger partial charge < -0.3 is 9.84 Å². The van der Waals surface area contributed by atoms with Gasteiger partial charge in [0, 0.05) is 24.1 Å². The van der Waals surface area contributed by atoms with Crippen molar-refractivity contribution in [2.45, 2.75) is 37.6 Å². The molecule has 118 valence electrons. The molecule has 0 amide bonds. The second-order valence-corrected chi connectivity index (χ2v) is 6.38. The van der Waals surface area contributed by atoms with Crippen LogP contribution in [0.15, 0.2) is 36.9 Å². The molecule has 0 bridgehead atoms. The molecule has 3 heteroatoms. The van der Waals surface area contributed by atoms with Crippen LogP contribution in [0.4, 0.5) is 0 Å².